The molecular weight excluding hydrogens is 458 g/mol. The Hall–Kier alpha value is -3.44. The van der Waals surface area contributed by atoms with Gasteiger partial charge >= 0.3 is 0 Å². The number of allylic oxidation sites excluding steroid dienone is 1. The van der Waals surface area contributed by atoms with Gasteiger partial charge in [-0.3, -0.25) is 14.5 Å². The maximum Gasteiger partial charge on any atom is 0.247 e. The third-order valence-corrected chi connectivity index (χ3v) is 6.72. The van der Waals surface area contributed by atoms with Gasteiger partial charge < -0.3 is 10.6 Å². The van der Waals surface area contributed by atoms with Crippen molar-refractivity contribution in [3.8, 4) is 6.07 Å². The van der Waals surface area contributed by atoms with Crippen LogP contribution in [0.15, 0.2) is 69.7 Å². The molecule has 1 amide bonds. The molecule has 3 aliphatic rings. The lowest BCUT2D eigenvalue weighted by atomic mass is 9.64. The van der Waals surface area contributed by atoms with Gasteiger partial charge in [-0.05, 0) is 47.0 Å². The van der Waals surface area contributed by atoms with Crippen LogP contribution in [0.2, 0.25) is 0 Å². The van der Waals surface area contributed by atoms with Crippen LogP contribution in [0.4, 0.5) is 11.5 Å². The molecule has 8 heteroatoms. The lowest BCUT2D eigenvalue weighted by Gasteiger charge is -2.43. The quantitative estimate of drug-likeness (QED) is 0.678. The maximum atomic E-state index is 13.8. The van der Waals surface area contributed by atoms with Gasteiger partial charge in [-0.1, -0.05) is 18.2 Å². The SMILES string of the molecule is CN1C(=O)C2(C(C#N)=C(N)N(c3ccc(Br)cn3)C3=C2C(=O)CCC3)c2ccccc21. The predicted molar refractivity (Wildman–Crippen MR) is 119 cm³/mol. The monoisotopic (exact) mass is 475 g/mol. The molecule has 5 rings (SSSR count). The zero-order valence-electron chi connectivity index (χ0n) is 16.7. The molecule has 1 atom stereocenters. The number of carbonyl (C=O) groups is 2. The highest BCUT2D eigenvalue weighted by Gasteiger charge is 2.61. The molecule has 1 spiro atoms. The number of halogens is 1. The summed E-state index contributed by atoms with van der Waals surface area (Å²) >= 11 is 3.38. The number of pyridine rings is 1. The molecule has 7 nitrogen and oxygen atoms in total. The van der Waals surface area contributed by atoms with E-state index in [0.717, 1.165) is 4.47 Å². The fraction of sp³-hybridized carbons (Fsp3) is 0.217. The topological polar surface area (TPSA) is 103 Å². The molecule has 1 aromatic carbocycles. The highest BCUT2D eigenvalue weighted by molar-refractivity contribution is 9.10. The summed E-state index contributed by atoms with van der Waals surface area (Å²) in [5, 5.41) is 10.3. The Labute approximate surface area is 187 Å². The second-order valence-corrected chi connectivity index (χ2v) is 8.69. The molecule has 1 unspecified atom stereocenters. The number of nitrogens with two attached hydrogens (primary N) is 1. The second kappa shape index (κ2) is 6.79. The number of benzene rings is 1. The molecule has 0 fully saturated rings. The minimum Gasteiger partial charge on any atom is -0.384 e. The zero-order valence-corrected chi connectivity index (χ0v) is 18.3. The average Bonchev–Trinajstić information content (AvgIpc) is 2.98. The largest absolute Gasteiger partial charge is 0.384 e. The van der Waals surface area contributed by atoms with Gasteiger partial charge in [0, 0.05) is 46.7 Å². The van der Waals surface area contributed by atoms with E-state index < -0.39 is 5.41 Å². The molecule has 0 radical (unpaired) electrons. The third kappa shape index (κ3) is 2.41. The minimum atomic E-state index is -1.52. The first kappa shape index (κ1) is 19.5. The Kier molecular flexibility index (Phi) is 4.27. The van der Waals surface area contributed by atoms with Crippen LogP contribution in [-0.4, -0.2) is 23.7 Å². The fourth-order valence-electron chi connectivity index (χ4n) is 5.00. The second-order valence-electron chi connectivity index (χ2n) is 7.77. The van der Waals surface area contributed by atoms with Gasteiger partial charge in [0.05, 0.1) is 5.57 Å². The number of nitrogens with zero attached hydrogens (tertiary/aromatic N) is 4. The number of fused-ring (bicyclic) bond motifs is 3. The van der Waals surface area contributed by atoms with E-state index in [-0.39, 0.29) is 23.1 Å². The van der Waals surface area contributed by atoms with Crippen molar-refractivity contribution in [3.63, 3.8) is 0 Å². The normalized spacial score (nSPS) is 22.7. The maximum absolute atomic E-state index is 13.8. The van der Waals surface area contributed by atoms with Crippen LogP contribution in [0.1, 0.15) is 24.8 Å². The van der Waals surface area contributed by atoms with Crippen LogP contribution in [0.25, 0.3) is 0 Å². The molecule has 154 valence electrons. The van der Waals surface area contributed by atoms with E-state index in [1.807, 2.05) is 24.3 Å². The summed E-state index contributed by atoms with van der Waals surface area (Å²) in [7, 11) is 1.66. The number of anilines is 2. The third-order valence-electron chi connectivity index (χ3n) is 6.25. The van der Waals surface area contributed by atoms with Crippen molar-refractivity contribution in [2.45, 2.75) is 24.7 Å². The van der Waals surface area contributed by atoms with Crippen molar-refractivity contribution in [1.82, 2.24) is 4.98 Å². The van der Waals surface area contributed by atoms with Crippen molar-refractivity contribution in [1.29, 1.82) is 5.26 Å². The Balaban J connectivity index is 1.89. The van der Waals surface area contributed by atoms with Crippen LogP contribution < -0.4 is 15.5 Å². The van der Waals surface area contributed by atoms with Crippen LogP contribution in [0.5, 0.6) is 0 Å². The molecular formula is C23H18BrN5O2. The van der Waals surface area contributed by atoms with Gasteiger partial charge in [0.1, 0.15) is 23.1 Å². The number of para-hydroxylation sites is 1. The number of hydrogen-bond acceptors (Lipinski definition) is 6. The van der Waals surface area contributed by atoms with E-state index in [1.54, 1.807) is 30.3 Å². The van der Waals surface area contributed by atoms with E-state index in [9.17, 15) is 14.9 Å². The van der Waals surface area contributed by atoms with Gasteiger partial charge in [-0.15, -0.1) is 0 Å². The molecule has 0 saturated carbocycles. The summed E-state index contributed by atoms with van der Waals surface area (Å²) in [5.74, 6) is 0.156. The Morgan fingerprint density at radius 2 is 1.97 bits per heavy atom. The van der Waals surface area contributed by atoms with E-state index in [4.69, 9.17) is 5.73 Å². The summed E-state index contributed by atoms with van der Waals surface area (Å²) < 4.78 is 0.795. The first-order valence-electron chi connectivity index (χ1n) is 9.89. The Morgan fingerprint density at radius 3 is 2.68 bits per heavy atom. The summed E-state index contributed by atoms with van der Waals surface area (Å²) in [6.45, 7) is 0. The highest BCUT2D eigenvalue weighted by atomic mass is 79.9. The number of amides is 1. The highest BCUT2D eigenvalue weighted by Crippen LogP contribution is 2.56. The van der Waals surface area contributed by atoms with Gasteiger partial charge in [0.15, 0.2) is 5.78 Å². The first-order chi connectivity index (χ1) is 14.9. The van der Waals surface area contributed by atoms with Crippen molar-refractivity contribution < 1.29 is 9.59 Å². The van der Waals surface area contributed by atoms with Gasteiger partial charge in [-0.2, -0.15) is 5.26 Å². The van der Waals surface area contributed by atoms with Crippen LogP contribution in [0, 0.1) is 11.3 Å². The first-order valence-corrected chi connectivity index (χ1v) is 10.7. The number of rotatable bonds is 1. The summed E-state index contributed by atoms with van der Waals surface area (Å²) in [6, 6.07) is 13.0. The standard InChI is InChI=1S/C23H18BrN5O2/c1-28-16-6-3-2-5-14(16)23(22(28)31)15(11-25)21(26)29(19-10-9-13(24)12-27-19)17-7-4-8-18(30)20(17)23/h2-3,5-6,9-10,12H,4,7-8,26H2,1H3. The zero-order chi connectivity index (χ0) is 21.9. The van der Waals surface area contributed by atoms with E-state index in [2.05, 4.69) is 27.0 Å². The fourth-order valence-corrected chi connectivity index (χ4v) is 5.23. The number of ketones is 1. The van der Waals surface area contributed by atoms with E-state index in [1.165, 1.54) is 4.90 Å². The minimum absolute atomic E-state index is 0.0630. The Bertz CT molecular complexity index is 1260. The molecule has 2 aromatic rings. The molecule has 1 aromatic heterocycles. The van der Waals surface area contributed by atoms with Crippen LogP contribution in [0.3, 0.4) is 0 Å². The molecule has 3 heterocycles. The van der Waals surface area contributed by atoms with Gasteiger partial charge in [0.25, 0.3) is 0 Å². The summed E-state index contributed by atoms with van der Waals surface area (Å²) in [5.41, 5.74) is 7.41. The smallest absolute Gasteiger partial charge is 0.247 e. The lowest BCUT2D eigenvalue weighted by molar-refractivity contribution is -0.124. The molecule has 2 N–H and O–H groups in total. The average molecular weight is 476 g/mol. The summed E-state index contributed by atoms with van der Waals surface area (Å²) in [6.07, 6.45) is 3.15. The molecule has 31 heavy (non-hydrogen) atoms. The van der Waals surface area contributed by atoms with Crippen LogP contribution in [-0.2, 0) is 15.0 Å². The van der Waals surface area contributed by atoms with Crippen molar-refractivity contribution in [2.24, 2.45) is 5.73 Å². The lowest BCUT2D eigenvalue weighted by Crippen LogP contribution is -2.52. The van der Waals surface area contributed by atoms with E-state index >= 15 is 0 Å². The van der Waals surface area contributed by atoms with Gasteiger partial charge in [-0.25, -0.2) is 4.98 Å². The Morgan fingerprint density at radius 1 is 1.19 bits per heavy atom. The number of aromatic nitrogens is 1. The molecule has 0 bridgehead atoms. The van der Waals surface area contributed by atoms with Gasteiger partial charge in [0.2, 0.25) is 5.91 Å². The summed E-state index contributed by atoms with van der Waals surface area (Å²) in [4.78, 5) is 34.8. The van der Waals surface area contributed by atoms with Crippen molar-refractivity contribution >= 4 is 39.1 Å². The van der Waals surface area contributed by atoms with Crippen LogP contribution >= 0.6 is 15.9 Å². The predicted octanol–water partition coefficient (Wildman–Crippen LogP) is 3.28. The number of Topliss-reactive ketones (excluding diaryl/α,β-unsaturated/α-hetero) is 1. The van der Waals surface area contributed by atoms with Crippen molar-refractivity contribution in [2.75, 3.05) is 16.8 Å². The van der Waals surface area contributed by atoms with E-state index in [0.29, 0.717) is 47.6 Å². The number of nitriles is 1. The number of carbonyl (C=O) groups excluding carboxylic acids is 2. The number of hydrogen-bond donors (Lipinski definition) is 1. The molecule has 2 aliphatic heterocycles. The molecule has 0 saturated heterocycles. The molecule has 1 aliphatic carbocycles. The number of likely N-dealkylation sites (N-methyl/N-ethyl adjacent to an activating group) is 1. The van der Waals surface area contributed by atoms with Crippen molar-refractivity contribution in [3.05, 3.63) is 75.3 Å².